The largest absolute Gasteiger partial charge is 0.336 e. The summed E-state index contributed by atoms with van der Waals surface area (Å²) in [5.74, 6) is -0.444. The third-order valence-corrected chi connectivity index (χ3v) is 8.13. The van der Waals surface area contributed by atoms with Gasteiger partial charge >= 0.3 is 0 Å². The lowest BCUT2D eigenvalue weighted by Crippen LogP contribution is -2.50. The first-order chi connectivity index (χ1) is 13.5. The van der Waals surface area contributed by atoms with E-state index in [0.717, 1.165) is 6.26 Å². The minimum Gasteiger partial charge on any atom is -0.336 e. The van der Waals surface area contributed by atoms with Crippen molar-refractivity contribution in [2.24, 2.45) is 0 Å². The number of carbonyl (C=O) groups excluding carboxylic acids is 1. The van der Waals surface area contributed by atoms with Crippen LogP contribution < -0.4 is 0 Å². The van der Waals surface area contributed by atoms with Crippen LogP contribution in [0.2, 0.25) is 10.0 Å². The van der Waals surface area contributed by atoms with Crippen LogP contribution in [0, 0.1) is 0 Å². The molecule has 3 rings (SSSR count). The Balaban J connectivity index is 1.77. The summed E-state index contributed by atoms with van der Waals surface area (Å²) in [6.07, 6.45) is 1.05. The summed E-state index contributed by atoms with van der Waals surface area (Å²) in [4.78, 5) is 14.4. The smallest absolute Gasteiger partial charge is 0.255 e. The van der Waals surface area contributed by atoms with Gasteiger partial charge in [-0.1, -0.05) is 29.3 Å². The Morgan fingerprint density at radius 3 is 2.14 bits per heavy atom. The fourth-order valence-corrected chi connectivity index (χ4v) is 5.55. The Morgan fingerprint density at radius 1 is 0.897 bits per heavy atom. The standard InChI is InChI=1S/C18H18Cl2N2O5S2/c1-28(24,25)14-5-6-17(20)16(12-14)18(23)21-7-9-22(10-8-21)29(26,27)15-4-2-3-13(19)11-15/h2-6,11-12H,7-10H2,1H3. The molecule has 156 valence electrons. The zero-order valence-electron chi connectivity index (χ0n) is 15.4. The van der Waals surface area contributed by atoms with Crippen LogP contribution in [0.15, 0.2) is 52.3 Å². The van der Waals surface area contributed by atoms with E-state index < -0.39 is 25.8 Å². The van der Waals surface area contributed by atoms with E-state index in [1.54, 1.807) is 12.1 Å². The molecule has 7 nitrogen and oxygen atoms in total. The highest BCUT2D eigenvalue weighted by Crippen LogP contribution is 2.24. The van der Waals surface area contributed by atoms with E-state index in [2.05, 4.69) is 0 Å². The molecule has 1 heterocycles. The summed E-state index contributed by atoms with van der Waals surface area (Å²) in [6.45, 7) is 0.504. The van der Waals surface area contributed by atoms with Gasteiger partial charge < -0.3 is 4.90 Å². The van der Waals surface area contributed by atoms with Crippen molar-refractivity contribution in [3.05, 3.63) is 58.1 Å². The molecular formula is C18H18Cl2N2O5S2. The summed E-state index contributed by atoms with van der Waals surface area (Å²) in [7, 11) is -7.22. The fraction of sp³-hybridized carbons (Fsp3) is 0.278. The number of halogens is 2. The van der Waals surface area contributed by atoms with Crippen molar-refractivity contribution < 1.29 is 21.6 Å². The average molecular weight is 477 g/mol. The van der Waals surface area contributed by atoms with Gasteiger partial charge in [0.15, 0.2) is 9.84 Å². The minimum absolute atomic E-state index is 0.00702. The molecule has 1 amide bonds. The molecule has 1 aliphatic heterocycles. The third-order valence-electron chi connectivity index (χ3n) is 4.56. The maximum atomic E-state index is 12.8. The molecule has 0 bridgehead atoms. The predicted octanol–water partition coefficient (Wildman–Crippen LogP) is 2.54. The molecule has 0 aliphatic carbocycles. The summed E-state index contributed by atoms with van der Waals surface area (Å²) >= 11 is 12.0. The molecule has 0 unspecified atom stereocenters. The van der Waals surface area contributed by atoms with Crippen LogP contribution in [-0.4, -0.2) is 64.4 Å². The summed E-state index contributed by atoms with van der Waals surface area (Å²) < 4.78 is 50.3. The van der Waals surface area contributed by atoms with E-state index >= 15 is 0 Å². The number of benzene rings is 2. The topological polar surface area (TPSA) is 91.8 Å². The molecule has 2 aromatic rings. The molecule has 2 aromatic carbocycles. The third kappa shape index (κ3) is 4.75. The van der Waals surface area contributed by atoms with Crippen LogP contribution in [0.3, 0.4) is 0 Å². The van der Waals surface area contributed by atoms with Crippen molar-refractivity contribution in [2.45, 2.75) is 9.79 Å². The maximum absolute atomic E-state index is 12.8. The number of carbonyl (C=O) groups is 1. The molecule has 1 saturated heterocycles. The van der Waals surface area contributed by atoms with E-state index in [-0.39, 0.29) is 46.6 Å². The number of rotatable bonds is 4. The Morgan fingerprint density at radius 2 is 1.55 bits per heavy atom. The van der Waals surface area contributed by atoms with Gasteiger partial charge in [-0.05, 0) is 36.4 Å². The van der Waals surface area contributed by atoms with Crippen molar-refractivity contribution >= 4 is 49.0 Å². The Hall–Kier alpha value is -1.65. The fourth-order valence-electron chi connectivity index (χ4n) is 2.98. The zero-order chi connectivity index (χ0) is 21.4. The quantitative estimate of drug-likeness (QED) is 0.675. The van der Waals surface area contributed by atoms with Gasteiger partial charge in [-0.15, -0.1) is 0 Å². The zero-order valence-corrected chi connectivity index (χ0v) is 18.5. The lowest BCUT2D eigenvalue weighted by molar-refractivity contribution is 0.0698. The normalized spacial score (nSPS) is 16.0. The Bertz CT molecular complexity index is 1160. The van der Waals surface area contributed by atoms with Gasteiger partial charge in [-0.25, -0.2) is 16.8 Å². The van der Waals surface area contributed by atoms with Crippen molar-refractivity contribution in [1.29, 1.82) is 0 Å². The van der Waals surface area contributed by atoms with Gasteiger partial charge in [0.05, 0.1) is 20.4 Å². The monoisotopic (exact) mass is 476 g/mol. The van der Waals surface area contributed by atoms with Gasteiger partial charge in [-0.3, -0.25) is 4.79 Å². The van der Waals surface area contributed by atoms with Crippen LogP contribution in [0.5, 0.6) is 0 Å². The number of nitrogens with zero attached hydrogens (tertiary/aromatic N) is 2. The van der Waals surface area contributed by atoms with E-state index in [0.29, 0.717) is 5.02 Å². The van der Waals surface area contributed by atoms with E-state index in [9.17, 15) is 21.6 Å². The van der Waals surface area contributed by atoms with Crippen molar-refractivity contribution in [3.8, 4) is 0 Å². The molecule has 11 heteroatoms. The molecule has 0 saturated carbocycles. The van der Waals surface area contributed by atoms with Crippen LogP contribution >= 0.6 is 23.2 Å². The molecular weight excluding hydrogens is 459 g/mol. The maximum Gasteiger partial charge on any atom is 0.255 e. The van der Waals surface area contributed by atoms with Crippen LogP contribution in [0.25, 0.3) is 0 Å². The second-order valence-electron chi connectivity index (χ2n) is 6.57. The number of hydrogen-bond donors (Lipinski definition) is 0. The molecule has 1 fully saturated rings. The highest BCUT2D eigenvalue weighted by molar-refractivity contribution is 7.90. The van der Waals surface area contributed by atoms with Gasteiger partial charge in [0, 0.05) is 37.5 Å². The summed E-state index contributed by atoms with van der Waals surface area (Å²) in [5, 5.41) is 0.455. The van der Waals surface area contributed by atoms with E-state index in [1.165, 1.54) is 39.5 Å². The van der Waals surface area contributed by atoms with Gasteiger partial charge in [0.2, 0.25) is 10.0 Å². The van der Waals surface area contributed by atoms with E-state index in [4.69, 9.17) is 23.2 Å². The number of sulfonamides is 1. The molecule has 29 heavy (non-hydrogen) atoms. The van der Waals surface area contributed by atoms with Gasteiger partial charge in [0.1, 0.15) is 0 Å². The number of amides is 1. The number of hydrogen-bond acceptors (Lipinski definition) is 5. The Kier molecular flexibility index (Phi) is 6.26. The molecule has 1 aliphatic rings. The lowest BCUT2D eigenvalue weighted by atomic mass is 10.2. The van der Waals surface area contributed by atoms with Crippen molar-refractivity contribution in [3.63, 3.8) is 0 Å². The number of sulfone groups is 1. The van der Waals surface area contributed by atoms with Crippen molar-refractivity contribution in [2.75, 3.05) is 32.4 Å². The second-order valence-corrected chi connectivity index (χ2v) is 11.4. The van der Waals surface area contributed by atoms with Crippen LogP contribution in [0.4, 0.5) is 0 Å². The minimum atomic E-state index is -3.73. The summed E-state index contributed by atoms with van der Waals surface area (Å²) in [5.41, 5.74) is 0.0701. The van der Waals surface area contributed by atoms with Gasteiger partial charge in [0.25, 0.3) is 5.91 Å². The lowest BCUT2D eigenvalue weighted by Gasteiger charge is -2.34. The predicted molar refractivity (Wildman–Crippen MR) is 111 cm³/mol. The first-order valence-electron chi connectivity index (χ1n) is 8.55. The first-order valence-corrected chi connectivity index (χ1v) is 12.6. The average Bonchev–Trinajstić information content (AvgIpc) is 2.67. The van der Waals surface area contributed by atoms with Crippen LogP contribution in [0.1, 0.15) is 10.4 Å². The first kappa shape index (κ1) is 22.0. The highest BCUT2D eigenvalue weighted by Gasteiger charge is 2.31. The molecule has 0 N–H and O–H groups in total. The SMILES string of the molecule is CS(=O)(=O)c1ccc(Cl)c(C(=O)N2CCN(S(=O)(=O)c3cccc(Cl)c3)CC2)c1. The van der Waals surface area contributed by atoms with Gasteiger partial charge in [-0.2, -0.15) is 4.31 Å². The number of piperazine rings is 1. The highest BCUT2D eigenvalue weighted by atomic mass is 35.5. The van der Waals surface area contributed by atoms with Crippen molar-refractivity contribution in [1.82, 2.24) is 9.21 Å². The molecule has 0 radical (unpaired) electrons. The molecule has 0 aromatic heterocycles. The summed E-state index contributed by atoms with van der Waals surface area (Å²) in [6, 6.07) is 9.95. The Labute approximate surface area is 179 Å². The van der Waals surface area contributed by atoms with E-state index in [1.807, 2.05) is 0 Å². The van der Waals surface area contributed by atoms with Crippen LogP contribution in [-0.2, 0) is 19.9 Å². The second kappa shape index (κ2) is 8.23. The molecule has 0 spiro atoms. The molecule has 0 atom stereocenters.